The first-order valence-corrected chi connectivity index (χ1v) is 8.59. The van der Waals surface area contributed by atoms with Gasteiger partial charge in [0.1, 0.15) is 0 Å². The van der Waals surface area contributed by atoms with Crippen LogP contribution in [0, 0.1) is 13.8 Å². The molecule has 0 unspecified atom stereocenters. The highest BCUT2D eigenvalue weighted by molar-refractivity contribution is 8.76. The van der Waals surface area contributed by atoms with Crippen molar-refractivity contribution in [2.75, 3.05) is 0 Å². The molecule has 18 heavy (non-hydrogen) atoms. The molecule has 0 aliphatic rings. The second kappa shape index (κ2) is 6.91. The molecule has 0 fully saturated rings. The van der Waals surface area contributed by atoms with E-state index >= 15 is 0 Å². The quantitative estimate of drug-likeness (QED) is 0.530. The lowest BCUT2D eigenvalue weighted by atomic mass is 10.1. The van der Waals surface area contributed by atoms with E-state index in [2.05, 4.69) is 62.4 Å². The summed E-state index contributed by atoms with van der Waals surface area (Å²) < 4.78 is 0. The van der Waals surface area contributed by atoms with Crippen molar-refractivity contribution in [2.45, 2.75) is 25.4 Å². The van der Waals surface area contributed by atoms with E-state index in [1.54, 1.807) is 0 Å². The molecule has 2 aromatic carbocycles. The normalized spacial score (nSPS) is 10.6. The number of benzene rings is 2. The first-order chi connectivity index (χ1) is 8.77. The van der Waals surface area contributed by atoms with Crippen molar-refractivity contribution in [1.82, 2.24) is 0 Å². The zero-order valence-electron chi connectivity index (χ0n) is 10.8. The Hall–Kier alpha value is -0.860. The van der Waals surface area contributed by atoms with Crippen LogP contribution in [0.25, 0.3) is 0 Å². The zero-order chi connectivity index (χ0) is 12.8. The Morgan fingerprint density at radius 2 is 1.06 bits per heavy atom. The van der Waals surface area contributed by atoms with Gasteiger partial charge in [-0.05, 0) is 36.1 Å². The summed E-state index contributed by atoms with van der Waals surface area (Å²) in [6.45, 7) is 4.36. The van der Waals surface area contributed by atoms with Gasteiger partial charge >= 0.3 is 0 Å². The molecule has 0 bridgehead atoms. The van der Waals surface area contributed by atoms with Crippen molar-refractivity contribution in [3.05, 3.63) is 70.8 Å². The Kier molecular flexibility index (Phi) is 5.21. The Labute approximate surface area is 118 Å². The summed E-state index contributed by atoms with van der Waals surface area (Å²) >= 11 is 0. The summed E-state index contributed by atoms with van der Waals surface area (Å²) in [7, 11) is 3.88. The first kappa shape index (κ1) is 13.6. The second-order valence-electron chi connectivity index (χ2n) is 4.38. The minimum absolute atomic E-state index is 1.09. The Morgan fingerprint density at radius 3 is 1.44 bits per heavy atom. The number of rotatable bonds is 5. The molecule has 0 spiro atoms. The minimum Gasteiger partial charge on any atom is -0.0890 e. The smallest absolute Gasteiger partial charge is 0.0291 e. The molecule has 0 aliphatic heterocycles. The van der Waals surface area contributed by atoms with Gasteiger partial charge in [0, 0.05) is 11.5 Å². The molecule has 2 aromatic rings. The highest BCUT2D eigenvalue weighted by atomic mass is 33.1. The van der Waals surface area contributed by atoms with Gasteiger partial charge in [-0.25, -0.2) is 0 Å². The summed E-state index contributed by atoms with van der Waals surface area (Å²) in [6.07, 6.45) is 0. The summed E-state index contributed by atoms with van der Waals surface area (Å²) in [5, 5.41) is 0. The maximum Gasteiger partial charge on any atom is 0.0291 e. The molecule has 0 aliphatic carbocycles. The zero-order valence-corrected chi connectivity index (χ0v) is 12.5. The number of hydrogen-bond acceptors (Lipinski definition) is 2. The molecule has 0 atom stereocenters. The van der Waals surface area contributed by atoms with Gasteiger partial charge < -0.3 is 0 Å². The van der Waals surface area contributed by atoms with Crippen LogP contribution in [0.3, 0.4) is 0 Å². The second-order valence-corrected chi connectivity index (χ2v) is 6.84. The van der Waals surface area contributed by atoms with Crippen LogP contribution in [0.4, 0.5) is 0 Å². The third-order valence-electron chi connectivity index (χ3n) is 3.03. The van der Waals surface area contributed by atoms with Crippen LogP contribution >= 0.6 is 21.6 Å². The SMILES string of the molecule is Cc1ccccc1CSSCc1ccccc1C. The molecule has 2 rings (SSSR count). The number of hydrogen-bond donors (Lipinski definition) is 0. The van der Waals surface area contributed by atoms with Crippen molar-refractivity contribution >= 4 is 21.6 Å². The fourth-order valence-electron chi connectivity index (χ4n) is 1.75. The van der Waals surface area contributed by atoms with Gasteiger partial charge in [0.05, 0.1) is 0 Å². The van der Waals surface area contributed by atoms with Gasteiger partial charge in [-0.15, -0.1) is 0 Å². The highest BCUT2D eigenvalue weighted by Gasteiger charge is 2.00. The van der Waals surface area contributed by atoms with E-state index in [0.717, 1.165) is 11.5 Å². The molecular formula is C16H18S2. The standard InChI is InChI=1S/C16H18S2/c1-13-7-3-5-9-15(13)11-17-18-12-16-10-6-4-8-14(16)2/h3-10H,11-12H2,1-2H3. The van der Waals surface area contributed by atoms with E-state index in [-0.39, 0.29) is 0 Å². The van der Waals surface area contributed by atoms with E-state index in [1.807, 2.05) is 21.6 Å². The van der Waals surface area contributed by atoms with Crippen LogP contribution in [0.15, 0.2) is 48.5 Å². The van der Waals surface area contributed by atoms with Crippen LogP contribution in [0.1, 0.15) is 22.3 Å². The third-order valence-corrected chi connectivity index (χ3v) is 5.27. The van der Waals surface area contributed by atoms with Crippen molar-refractivity contribution in [3.8, 4) is 0 Å². The molecular weight excluding hydrogens is 256 g/mol. The summed E-state index contributed by atoms with van der Waals surface area (Å²) in [6, 6.07) is 17.2. The van der Waals surface area contributed by atoms with Gasteiger partial charge in [-0.2, -0.15) is 0 Å². The van der Waals surface area contributed by atoms with Crippen LogP contribution in [0.2, 0.25) is 0 Å². The fraction of sp³-hybridized carbons (Fsp3) is 0.250. The number of aryl methyl sites for hydroxylation is 2. The Balaban J connectivity index is 1.80. The van der Waals surface area contributed by atoms with E-state index in [4.69, 9.17) is 0 Å². The van der Waals surface area contributed by atoms with Gasteiger partial charge in [0.2, 0.25) is 0 Å². The van der Waals surface area contributed by atoms with Gasteiger partial charge in [0.15, 0.2) is 0 Å². The Morgan fingerprint density at radius 1 is 0.667 bits per heavy atom. The average molecular weight is 274 g/mol. The molecule has 0 N–H and O–H groups in total. The lowest BCUT2D eigenvalue weighted by Gasteiger charge is -2.06. The van der Waals surface area contributed by atoms with Crippen molar-refractivity contribution in [1.29, 1.82) is 0 Å². The first-order valence-electron chi connectivity index (χ1n) is 6.11. The molecule has 2 heteroatoms. The third kappa shape index (κ3) is 3.82. The van der Waals surface area contributed by atoms with Crippen molar-refractivity contribution in [3.63, 3.8) is 0 Å². The molecule has 0 radical (unpaired) electrons. The highest BCUT2D eigenvalue weighted by Crippen LogP contribution is 2.30. The minimum atomic E-state index is 1.09. The topological polar surface area (TPSA) is 0 Å². The molecule has 0 saturated carbocycles. The van der Waals surface area contributed by atoms with Crippen molar-refractivity contribution < 1.29 is 0 Å². The van der Waals surface area contributed by atoms with E-state index in [9.17, 15) is 0 Å². The lowest BCUT2D eigenvalue weighted by molar-refractivity contribution is 1.31. The van der Waals surface area contributed by atoms with Crippen LogP contribution in [-0.4, -0.2) is 0 Å². The van der Waals surface area contributed by atoms with Crippen LogP contribution in [-0.2, 0) is 11.5 Å². The lowest BCUT2D eigenvalue weighted by Crippen LogP contribution is -1.85. The molecule has 0 saturated heterocycles. The molecule has 0 nitrogen and oxygen atoms in total. The predicted octanol–water partition coefficient (Wildman–Crippen LogP) is 5.39. The van der Waals surface area contributed by atoms with E-state index in [0.29, 0.717) is 0 Å². The predicted molar refractivity (Wildman–Crippen MR) is 84.9 cm³/mol. The Bertz CT molecular complexity index is 458. The maximum atomic E-state index is 2.22. The summed E-state index contributed by atoms with van der Waals surface area (Å²) in [5.74, 6) is 2.17. The molecule has 0 aromatic heterocycles. The maximum absolute atomic E-state index is 2.22. The van der Waals surface area contributed by atoms with Gasteiger partial charge in [-0.3, -0.25) is 0 Å². The van der Waals surface area contributed by atoms with Gasteiger partial charge in [0.25, 0.3) is 0 Å². The van der Waals surface area contributed by atoms with Crippen molar-refractivity contribution in [2.24, 2.45) is 0 Å². The van der Waals surface area contributed by atoms with E-state index < -0.39 is 0 Å². The van der Waals surface area contributed by atoms with Crippen LogP contribution < -0.4 is 0 Å². The van der Waals surface area contributed by atoms with Gasteiger partial charge in [-0.1, -0.05) is 70.1 Å². The average Bonchev–Trinajstić information content (AvgIpc) is 2.38. The molecule has 94 valence electrons. The molecule has 0 amide bonds. The summed E-state index contributed by atoms with van der Waals surface area (Å²) in [5.41, 5.74) is 5.67. The van der Waals surface area contributed by atoms with Crippen LogP contribution in [0.5, 0.6) is 0 Å². The summed E-state index contributed by atoms with van der Waals surface area (Å²) in [4.78, 5) is 0. The van der Waals surface area contributed by atoms with E-state index in [1.165, 1.54) is 22.3 Å². The molecule has 0 heterocycles. The largest absolute Gasteiger partial charge is 0.0890 e. The monoisotopic (exact) mass is 274 g/mol. The fourth-order valence-corrected chi connectivity index (χ4v) is 4.08.